The predicted molar refractivity (Wildman–Crippen MR) is 67.7 cm³/mol. The third-order valence-electron chi connectivity index (χ3n) is 2.95. The van der Waals surface area contributed by atoms with Gasteiger partial charge in [-0.15, -0.1) is 0 Å². The Kier molecular flexibility index (Phi) is 2.78. The molecular weight excluding hydrogens is 269 g/mol. The molecule has 100 valence electrons. The molecule has 0 radical (unpaired) electrons. The van der Waals surface area contributed by atoms with Gasteiger partial charge >= 0.3 is 0 Å². The first-order valence-corrected chi connectivity index (χ1v) is 5.70. The van der Waals surface area contributed by atoms with E-state index in [1.54, 1.807) is 24.3 Å². The van der Waals surface area contributed by atoms with Gasteiger partial charge in [-0.1, -0.05) is 18.2 Å². The summed E-state index contributed by atoms with van der Waals surface area (Å²) < 4.78 is 39.6. The molecule has 0 aliphatic heterocycles. The summed E-state index contributed by atoms with van der Waals surface area (Å²) in [7, 11) is 0. The molecule has 1 aromatic heterocycles. The summed E-state index contributed by atoms with van der Waals surface area (Å²) in [6.45, 7) is 0. The third kappa shape index (κ3) is 1.85. The summed E-state index contributed by atoms with van der Waals surface area (Å²) in [5.74, 6) is -4.16. The number of rotatable bonds is 1. The summed E-state index contributed by atoms with van der Waals surface area (Å²) in [5.41, 5.74) is -0.181. The number of hydrogen-bond acceptors (Lipinski definition) is 2. The highest BCUT2D eigenvalue weighted by molar-refractivity contribution is 5.93. The molecule has 0 aliphatic carbocycles. The maximum absolute atomic E-state index is 13.3. The molecule has 0 atom stereocenters. The summed E-state index contributed by atoms with van der Waals surface area (Å²) in [5, 5.41) is 6.81. The second-order valence-electron chi connectivity index (χ2n) is 4.20. The van der Waals surface area contributed by atoms with Crippen LogP contribution in [0.4, 0.5) is 13.2 Å². The number of H-pyrrole nitrogens is 1. The number of aromatic amines is 1. The van der Waals surface area contributed by atoms with Crippen molar-refractivity contribution in [2.75, 3.05) is 0 Å². The van der Waals surface area contributed by atoms with Crippen LogP contribution in [0.15, 0.2) is 41.2 Å². The maximum atomic E-state index is 13.3. The minimum atomic E-state index is -1.54. The van der Waals surface area contributed by atoms with Crippen molar-refractivity contribution in [3.8, 4) is 11.3 Å². The van der Waals surface area contributed by atoms with Gasteiger partial charge in [0.15, 0.2) is 17.5 Å². The fourth-order valence-corrected chi connectivity index (χ4v) is 2.03. The van der Waals surface area contributed by atoms with Crippen molar-refractivity contribution < 1.29 is 13.2 Å². The van der Waals surface area contributed by atoms with Gasteiger partial charge in [0, 0.05) is 10.9 Å². The van der Waals surface area contributed by atoms with Crippen molar-refractivity contribution >= 4 is 10.8 Å². The highest BCUT2D eigenvalue weighted by atomic mass is 19.2. The molecular formula is C14H7F3N2O. The van der Waals surface area contributed by atoms with Crippen LogP contribution in [-0.2, 0) is 0 Å². The normalized spacial score (nSPS) is 10.9. The largest absolute Gasteiger partial charge is 0.272 e. The molecule has 0 unspecified atom stereocenters. The van der Waals surface area contributed by atoms with Crippen LogP contribution in [-0.4, -0.2) is 10.2 Å². The van der Waals surface area contributed by atoms with Crippen molar-refractivity contribution in [2.24, 2.45) is 0 Å². The van der Waals surface area contributed by atoms with E-state index in [9.17, 15) is 18.0 Å². The number of aromatic nitrogens is 2. The number of fused-ring (bicyclic) bond motifs is 1. The Morgan fingerprint density at radius 3 is 2.20 bits per heavy atom. The zero-order valence-electron chi connectivity index (χ0n) is 9.95. The van der Waals surface area contributed by atoms with Crippen molar-refractivity contribution in [2.45, 2.75) is 0 Å². The Bertz CT molecular complexity index is 851. The molecule has 0 bridgehead atoms. The van der Waals surface area contributed by atoms with E-state index < -0.39 is 23.0 Å². The Balaban J connectivity index is 2.36. The van der Waals surface area contributed by atoms with Crippen molar-refractivity contribution in [1.29, 1.82) is 0 Å². The smallest absolute Gasteiger partial charge is 0.267 e. The van der Waals surface area contributed by atoms with Crippen LogP contribution in [0.2, 0.25) is 0 Å². The minimum absolute atomic E-state index is 0.0499. The molecule has 3 aromatic rings. The van der Waals surface area contributed by atoms with Crippen LogP contribution in [0.25, 0.3) is 22.0 Å². The van der Waals surface area contributed by atoms with E-state index in [4.69, 9.17) is 0 Å². The van der Waals surface area contributed by atoms with E-state index in [1.807, 2.05) is 0 Å². The summed E-state index contributed by atoms with van der Waals surface area (Å²) >= 11 is 0. The van der Waals surface area contributed by atoms with Crippen LogP contribution in [0.3, 0.4) is 0 Å². The van der Waals surface area contributed by atoms with Gasteiger partial charge in [0.25, 0.3) is 5.56 Å². The first-order chi connectivity index (χ1) is 9.58. The van der Waals surface area contributed by atoms with Gasteiger partial charge in [-0.2, -0.15) is 5.10 Å². The molecule has 0 spiro atoms. The number of nitrogens with one attached hydrogen (secondary N) is 1. The van der Waals surface area contributed by atoms with Crippen LogP contribution >= 0.6 is 0 Å². The van der Waals surface area contributed by atoms with Crippen molar-refractivity contribution in [3.05, 3.63) is 64.2 Å². The fraction of sp³-hybridized carbons (Fsp3) is 0. The standard InChI is InChI=1S/C14H7F3N2O/c15-10-5-7(6-11(16)12(10)17)13-8-3-1-2-4-9(8)14(20)19-18-13/h1-6H,(H,19,20). The first kappa shape index (κ1) is 12.4. The topological polar surface area (TPSA) is 45.8 Å². The van der Waals surface area contributed by atoms with Gasteiger partial charge < -0.3 is 0 Å². The fourth-order valence-electron chi connectivity index (χ4n) is 2.03. The highest BCUT2D eigenvalue weighted by Crippen LogP contribution is 2.26. The number of benzene rings is 2. The molecule has 1 heterocycles. The Morgan fingerprint density at radius 1 is 0.950 bits per heavy atom. The van der Waals surface area contributed by atoms with Crippen molar-refractivity contribution in [1.82, 2.24) is 10.2 Å². The molecule has 3 rings (SSSR count). The predicted octanol–water partition coefficient (Wildman–Crippen LogP) is 3.01. The average molecular weight is 276 g/mol. The first-order valence-electron chi connectivity index (χ1n) is 5.70. The van der Waals surface area contributed by atoms with Gasteiger partial charge in [-0.3, -0.25) is 4.79 Å². The van der Waals surface area contributed by atoms with E-state index in [1.165, 1.54) is 0 Å². The summed E-state index contributed by atoms with van der Waals surface area (Å²) in [6, 6.07) is 8.18. The molecule has 3 nitrogen and oxygen atoms in total. The van der Waals surface area contributed by atoms with Crippen LogP contribution in [0.1, 0.15) is 0 Å². The number of halogens is 3. The zero-order chi connectivity index (χ0) is 14.3. The van der Waals surface area contributed by atoms with Crippen LogP contribution in [0.5, 0.6) is 0 Å². The van der Waals surface area contributed by atoms with E-state index in [0.29, 0.717) is 10.8 Å². The van der Waals surface area contributed by atoms with E-state index in [2.05, 4.69) is 10.2 Å². The molecule has 0 fully saturated rings. The molecule has 0 saturated carbocycles. The Labute approximate surface area is 110 Å². The quantitative estimate of drug-likeness (QED) is 0.694. The molecule has 0 aliphatic rings. The lowest BCUT2D eigenvalue weighted by atomic mass is 10.0. The Morgan fingerprint density at radius 2 is 1.55 bits per heavy atom. The second kappa shape index (κ2) is 4.48. The molecule has 0 amide bonds. The van der Waals surface area contributed by atoms with Gasteiger partial charge in [0.05, 0.1) is 11.1 Å². The lowest BCUT2D eigenvalue weighted by Gasteiger charge is -2.06. The van der Waals surface area contributed by atoms with Gasteiger partial charge in [0.1, 0.15) is 0 Å². The third-order valence-corrected chi connectivity index (χ3v) is 2.95. The lowest BCUT2D eigenvalue weighted by molar-refractivity contribution is 0.447. The number of nitrogens with zero attached hydrogens (tertiary/aromatic N) is 1. The van der Waals surface area contributed by atoms with E-state index in [-0.39, 0.29) is 11.3 Å². The van der Waals surface area contributed by atoms with Gasteiger partial charge in [-0.25, -0.2) is 18.3 Å². The zero-order valence-corrected chi connectivity index (χ0v) is 9.95. The Hall–Kier alpha value is -2.63. The highest BCUT2D eigenvalue weighted by Gasteiger charge is 2.15. The van der Waals surface area contributed by atoms with Crippen LogP contribution in [0, 0.1) is 17.5 Å². The molecule has 1 N–H and O–H groups in total. The van der Waals surface area contributed by atoms with Crippen molar-refractivity contribution in [3.63, 3.8) is 0 Å². The number of hydrogen-bond donors (Lipinski definition) is 1. The van der Waals surface area contributed by atoms with E-state index >= 15 is 0 Å². The average Bonchev–Trinajstić information content (AvgIpc) is 2.45. The SMILES string of the molecule is O=c1[nH]nc(-c2cc(F)c(F)c(F)c2)c2ccccc12. The monoisotopic (exact) mass is 276 g/mol. The summed E-state index contributed by atoms with van der Waals surface area (Å²) in [4.78, 5) is 11.6. The van der Waals surface area contributed by atoms with Gasteiger partial charge in [-0.05, 0) is 18.2 Å². The molecule has 20 heavy (non-hydrogen) atoms. The molecule has 2 aromatic carbocycles. The molecule has 6 heteroatoms. The molecule has 0 saturated heterocycles. The maximum Gasteiger partial charge on any atom is 0.272 e. The lowest BCUT2D eigenvalue weighted by Crippen LogP contribution is -2.09. The van der Waals surface area contributed by atoms with Gasteiger partial charge in [0.2, 0.25) is 0 Å². The second-order valence-corrected chi connectivity index (χ2v) is 4.20. The summed E-state index contributed by atoms with van der Waals surface area (Å²) in [6.07, 6.45) is 0. The van der Waals surface area contributed by atoms with E-state index in [0.717, 1.165) is 12.1 Å². The minimum Gasteiger partial charge on any atom is -0.267 e. The van der Waals surface area contributed by atoms with Crippen LogP contribution < -0.4 is 5.56 Å².